The van der Waals surface area contributed by atoms with E-state index in [-0.39, 0.29) is 0 Å². The van der Waals surface area contributed by atoms with E-state index >= 15 is 0 Å². The number of anilines is 1. The molecule has 1 amide bonds. The molecule has 1 aromatic carbocycles. The molecule has 1 N–H and O–H groups in total. The van der Waals surface area contributed by atoms with Gasteiger partial charge in [0.1, 0.15) is 5.00 Å². The number of nitrogens with one attached hydrogen (secondary N) is 1. The van der Waals surface area contributed by atoms with Crippen LogP contribution in [0.2, 0.25) is 0 Å². The fraction of sp³-hybridized carbons (Fsp3) is 0.350. The number of rotatable bonds is 5. The van der Waals surface area contributed by atoms with Gasteiger partial charge in [0.05, 0.1) is 18.2 Å². The average molecular weight is 387 g/mol. The highest BCUT2D eigenvalue weighted by molar-refractivity contribution is 7.17. The summed E-state index contributed by atoms with van der Waals surface area (Å²) < 4.78 is 9.98. The van der Waals surface area contributed by atoms with Gasteiger partial charge in [-0.25, -0.2) is 9.59 Å². The zero-order chi connectivity index (χ0) is 19.6. The Morgan fingerprint density at radius 3 is 2.63 bits per heavy atom. The van der Waals surface area contributed by atoms with Crippen LogP contribution >= 0.6 is 11.3 Å². The summed E-state index contributed by atoms with van der Waals surface area (Å²) in [6.45, 7) is 3.33. The van der Waals surface area contributed by atoms with Crippen LogP contribution in [0, 0.1) is 13.8 Å². The standard InChI is InChI=1S/C20H21NO5S/c1-11-7-8-13(12(2)9-11)19(23)26-10-16(22)21-18-17(20(24)25-3)14-5-4-6-15(14)27-18/h7-9H,4-6,10H2,1-3H3,(H,21,22). The molecule has 6 nitrogen and oxygen atoms in total. The molecular formula is C20H21NO5S. The lowest BCUT2D eigenvalue weighted by molar-refractivity contribution is -0.119. The highest BCUT2D eigenvalue weighted by Crippen LogP contribution is 2.39. The number of benzene rings is 1. The third kappa shape index (κ3) is 4.03. The van der Waals surface area contributed by atoms with Gasteiger partial charge < -0.3 is 14.8 Å². The van der Waals surface area contributed by atoms with Crippen molar-refractivity contribution in [2.24, 2.45) is 0 Å². The van der Waals surface area contributed by atoms with Crippen LogP contribution in [-0.4, -0.2) is 31.6 Å². The Morgan fingerprint density at radius 1 is 1.15 bits per heavy atom. The van der Waals surface area contributed by atoms with Crippen LogP contribution in [0.4, 0.5) is 5.00 Å². The number of esters is 2. The molecule has 0 fully saturated rings. The van der Waals surface area contributed by atoms with Crippen molar-refractivity contribution in [3.63, 3.8) is 0 Å². The summed E-state index contributed by atoms with van der Waals surface area (Å²) in [6.07, 6.45) is 2.68. The number of carbonyl (C=O) groups excluding carboxylic acids is 3. The maximum Gasteiger partial charge on any atom is 0.341 e. The van der Waals surface area contributed by atoms with Crippen LogP contribution in [0.3, 0.4) is 0 Å². The normalized spacial score (nSPS) is 12.4. The Balaban J connectivity index is 1.66. The molecular weight excluding hydrogens is 366 g/mol. The molecule has 0 spiro atoms. The number of aryl methyl sites for hydroxylation is 3. The van der Waals surface area contributed by atoms with Crippen molar-refractivity contribution in [1.29, 1.82) is 0 Å². The van der Waals surface area contributed by atoms with E-state index in [9.17, 15) is 14.4 Å². The van der Waals surface area contributed by atoms with Crippen molar-refractivity contribution < 1.29 is 23.9 Å². The van der Waals surface area contributed by atoms with Crippen LogP contribution in [0.25, 0.3) is 0 Å². The monoisotopic (exact) mass is 387 g/mol. The van der Waals surface area contributed by atoms with E-state index in [0.29, 0.717) is 16.1 Å². The van der Waals surface area contributed by atoms with Gasteiger partial charge in [-0.2, -0.15) is 0 Å². The molecule has 1 aliphatic carbocycles. The number of carbonyl (C=O) groups is 3. The van der Waals surface area contributed by atoms with Gasteiger partial charge in [0, 0.05) is 4.88 Å². The first-order valence-electron chi connectivity index (χ1n) is 8.67. The van der Waals surface area contributed by atoms with Crippen LogP contribution in [0.5, 0.6) is 0 Å². The topological polar surface area (TPSA) is 81.7 Å². The van der Waals surface area contributed by atoms with Gasteiger partial charge in [0.2, 0.25) is 0 Å². The van der Waals surface area contributed by atoms with Crippen molar-refractivity contribution in [3.05, 3.63) is 50.9 Å². The molecule has 7 heteroatoms. The minimum Gasteiger partial charge on any atom is -0.465 e. The molecule has 0 atom stereocenters. The number of thiophene rings is 1. The maximum atomic E-state index is 12.2. The first-order chi connectivity index (χ1) is 12.9. The number of fused-ring (bicyclic) bond motifs is 1. The maximum absolute atomic E-state index is 12.2. The Kier molecular flexibility index (Phi) is 5.60. The summed E-state index contributed by atoms with van der Waals surface area (Å²) in [6, 6.07) is 5.38. The van der Waals surface area contributed by atoms with Crippen molar-refractivity contribution in [3.8, 4) is 0 Å². The van der Waals surface area contributed by atoms with Crippen LogP contribution in [0.15, 0.2) is 18.2 Å². The lowest BCUT2D eigenvalue weighted by Crippen LogP contribution is -2.22. The van der Waals surface area contributed by atoms with Crippen molar-refractivity contribution in [2.45, 2.75) is 33.1 Å². The van der Waals surface area contributed by atoms with Crippen LogP contribution in [0.1, 0.15) is 48.7 Å². The van der Waals surface area contributed by atoms with E-state index in [2.05, 4.69) is 5.32 Å². The molecule has 142 valence electrons. The Bertz CT molecular complexity index is 915. The molecule has 0 saturated carbocycles. The van der Waals surface area contributed by atoms with Crippen LogP contribution < -0.4 is 5.32 Å². The van der Waals surface area contributed by atoms with Gasteiger partial charge in [-0.05, 0) is 50.3 Å². The predicted octanol–water partition coefficient (Wildman–Crippen LogP) is 3.44. The first kappa shape index (κ1) is 19.1. The van der Waals surface area contributed by atoms with E-state index in [0.717, 1.165) is 40.8 Å². The van der Waals surface area contributed by atoms with Gasteiger partial charge >= 0.3 is 11.9 Å². The van der Waals surface area contributed by atoms with Crippen molar-refractivity contribution in [2.75, 3.05) is 19.0 Å². The molecule has 0 aliphatic heterocycles. The number of methoxy groups -OCH3 is 1. The molecule has 3 rings (SSSR count). The third-order valence-corrected chi connectivity index (χ3v) is 5.71. The summed E-state index contributed by atoms with van der Waals surface area (Å²) in [5.41, 5.74) is 3.64. The van der Waals surface area contributed by atoms with Gasteiger partial charge in [-0.15, -0.1) is 11.3 Å². The molecule has 0 bridgehead atoms. The SMILES string of the molecule is COC(=O)c1c(NC(=O)COC(=O)c2ccc(C)cc2C)sc2c1CCC2. The van der Waals surface area contributed by atoms with E-state index in [1.807, 2.05) is 26.0 Å². The number of amides is 1. The van der Waals surface area contributed by atoms with Gasteiger partial charge in [0.25, 0.3) is 5.91 Å². The minimum absolute atomic E-state index is 0.420. The fourth-order valence-electron chi connectivity index (χ4n) is 3.22. The minimum atomic E-state index is -0.551. The van der Waals surface area contributed by atoms with Crippen molar-refractivity contribution in [1.82, 2.24) is 0 Å². The van der Waals surface area contributed by atoms with E-state index in [4.69, 9.17) is 9.47 Å². The summed E-state index contributed by atoms with van der Waals surface area (Å²) in [5.74, 6) is -1.50. The predicted molar refractivity (Wildman–Crippen MR) is 103 cm³/mol. The molecule has 1 aliphatic rings. The quantitative estimate of drug-likeness (QED) is 0.795. The van der Waals surface area contributed by atoms with Gasteiger partial charge in [-0.3, -0.25) is 4.79 Å². The molecule has 0 radical (unpaired) electrons. The average Bonchev–Trinajstić information content (AvgIpc) is 3.19. The molecule has 0 unspecified atom stereocenters. The van der Waals surface area contributed by atoms with Crippen LogP contribution in [-0.2, 0) is 27.1 Å². The zero-order valence-electron chi connectivity index (χ0n) is 15.5. The number of hydrogen-bond acceptors (Lipinski definition) is 6. The highest BCUT2D eigenvalue weighted by Gasteiger charge is 2.28. The zero-order valence-corrected chi connectivity index (χ0v) is 16.3. The Morgan fingerprint density at radius 2 is 1.93 bits per heavy atom. The van der Waals surface area contributed by atoms with E-state index in [1.165, 1.54) is 18.4 Å². The smallest absolute Gasteiger partial charge is 0.341 e. The second kappa shape index (κ2) is 7.92. The highest BCUT2D eigenvalue weighted by atomic mass is 32.1. The lowest BCUT2D eigenvalue weighted by Gasteiger charge is -2.09. The molecule has 1 heterocycles. The second-order valence-corrected chi connectivity index (χ2v) is 7.60. The van der Waals surface area contributed by atoms with Gasteiger partial charge in [0.15, 0.2) is 6.61 Å². The second-order valence-electron chi connectivity index (χ2n) is 6.50. The summed E-state index contributed by atoms with van der Waals surface area (Å²) in [5, 5.41) is 3.14. The molecule has 27 heavy (non-hydrogen) atoms. The van der Waals surface area contributed by atoms with E-state index < -0.39 is 24.5 Å². The summed E-state index contributed by atoms with van der Waals surface area (Å²) >= 11 is 1.38. The molecule has 2 aromatic rings. The lowest BCUT2D eigenvalue weighted by atomic mass is 10.1. The number of hydrogen-bond donors (Lipinski definition) is 1. The molecule has 0 saturated heterocycles. The fourth-order valence-corrected chi connectivity index (χ4v) is 4.52. The summed E-state index contributed by atoms with van der Waals surface area (Å²) in [7, 11) is 1.32. The largest absolute Gasteiger partial charge is 0.465 e. The molecule has 1 aromatic heterocycles. The summed E-state index contributed by atoms with van der Waals surface area (Å²) in [4.78, 5) is 37.6. The van der Waals surface area contributed by atoms with Gasteiger partial charge in [-0.1, -0.05) is 17.7 Å². The Labute approximate surface area is 161 Å². The third-order valence-electron chi connectivity index (χ3n) is 4.50. The van der Waals surface area contributed by atoms with Crippen molar-refractivity contribution >= 4 is 34.2 Å². The Hall–Kier alpha value is -2.67. The first-order valence-corrected chi connectivity index (χ1v) is 9.49. The number of ether oxygens (including phenoxy) is 2. The van der Waals surface area contributed by atoms with E-state index in [1.54, 1.807) is 6.07 Å².